The van der Waals surface area contributed by atoms with Crippen molar-refractivity contribution in [2.75, 3.05) is 19.7 Å². The lowest BCUT2D eigenvalue weighted by molar-refractivity contribution is -0.137. The van der Waals surface area contributed by atoms with E-state index < -0.39 is 22.8 Å². The smallest absolute Gasteiger partial charge is 0.253 e. The number of imide groups is 1. The molecule has 0 bridgehead atoms. The monoisotopic (exact) mass is 352 g/mol. The quantitative estimate of drug-likeness (QED) is 0.597. The van der Waals surface area contributed by atoms with E-state index >= 15 is 0 Å². The highest BCUT2D eigenvalue weighted by molar-refractivity contribution is 6.13. The van der Waals surface area contributed by atoms with Gasteiger partial charge < -0.3 is 10.1 Å². The molecule has 0 atom stereocenters. The molecule has 0 aliphatic carbocycles. The molecule has 1 aliphatic rings. The molecule has 1 N–H and O–H groups in total. The van der Waals surface area contributed by atoms with Crippen LogP contribution in [0.4, 0.5) is 0 Å². The molecule has 0 unspecified atom stereocenters. The minimum absolute atomic E-state index is 0.0482. The van der Waals surface area contributed by atoms with Crippen LogP contribution in [-0.2, 0) is 23.9 Å². The summed E-state index contributed by atoms with van der Waals surface area (Å²) in [6, 6.07) is 0. The van der Waals surface area contributed by atoms with Crippen molar-refractivity contribution in [1.29, 1.82) is 0 Å². The third-order valence-corrected chi connectivity index (χ3v) is 4.35. The first-order valence-electron chi connectivity index (χ1n) is 8.40. The Morgan fingerprint density at radius 1 is 1.12 bits per heavy atom. The van der Waals surface area contributed by atoms with Crippen LogP contribution in [0.3, 0.4) is 0 Å². The average molecular weight is 352 g/mol. The summed E-state index contributed by atoms with van der Waals surface area (Å²) in [5, 5.41) is 2.75. The zero-order valence-electron chi connectivity index (χ0n) is 15.7. The van der Waals surface area contributed by atoms with Crippen molar-refractivity contribution < 1.29 is 23.9 Å². The number of hydrogen-bond donors (Lipinski definition) is 1. The Morgan fingerprint density at radius 2 is 1.68 bits per heavy atom. The van der Waals surface area contributed by atoms with Crippen LogP contribution in [0.15, 0.2) is 12.2 Å². The molecule has 1 heterocycles. The van der Waals surface area contributed by atoms with Crippen LogP contribution < -0.4 is 5.32 Å². The summed E-state index contributed by atoms with van der Waals surface area (Å²) < 4.78 is 5.78. The zero-order chi connectivity index (χ0) is 19.3. The Labute approximate surface area is 148 Å². The minimum Gasteiger partial charge on any atom is -0.374 e. The topological polar surface area (TPSA) is 92.8 Å². The first kappa shape index (κ1) is 21.0. The summed E-state index contributed by atoms with van der Waals surface area (Å²) >= 11 is 0. The van der Waals surface area contributed by atoms with E-state index in [1.165, 1.54) is 12.2 Å². The van der Waals surface area contributed by atoms with E-state index in [1.807, 2.05) is 27.7 Å². The van der Waals surface area contributed by atoms with E-state index in [9.17, 15) is 19.2 Å². The molecular weight excluding hydrogens is 324 g/mol. The highest BCUT2D eigenvalue weighted by atomic mass is 16.5. The van der Waals surface area contributed by atoms with Gasteiger partial charge in [-0.15, -0.1) is 0 Å². The lowest BCUT2D eigenvalue weighted by atomic mass is 9.86. The van der Waals surface area contributed by atoms with E-state index in [-0.39, 0.29) is 24.7 Å². The summed E-state index contributed by atoms with van der Waals surface area (Å²) in [5.74, 6) is -0.931. The van der Waals surface area contributed by atoms with E-state index in [4.69, 9.17) is 4.74 Å². The van der Waals surface area contributed by atoms with Crippen molar-refractivity contribution in [3.8, 4) is 0 Å². The second kappa shape index (κ2) is 8.38. The van der Waals surface area contributed by atoms with Crippen molar-refractivity contribution in [3.63, 3.8) is 0 Å². The van der Waals surface area contributed by atoms with Gasteiger partial charge in [0, 0.05) is 43.7 Å². The van der Waals surface area contributed by atoms with Gasteiger partial charge in [-0.05, 0) is 27.2 Å². The van der Waals surface area contributed by atoms with Crippen molar-refractivity contribution in [3.05, 3.63) is 12.2 Å². The zero-order valence-corrected chi connectivity index (χ0v) is 15.7. The Balaban J connectivity index is 2.30. The normalized spacial score (nSPS) is 15.0. The molecular formula is C18H28N2O5. The lowest BCUT2D eigenvalue weighted by Crippen LogP contribution is -2.42. The number of nitrogens with zero attached hydrogens (tertiary/aromatic N) is 1. The van der Waals surface area contributed by atoms with Gasteiger partial charge in [0.2, 0.25) is 5.91 Å². The van der Waals surface area contributed by atoms with Crippen LogP contribution >= 0.6 is 0 Å². The first-order valence-corrected chi connectivity index (χ1v) is 8.40. The number of nitrogens with one attached hydrogen (secondary N) is 1. The molecule has 0 saturated carbocycles. The van der Waals surface area contributed by atoms with Crippen molar-refractivity contribution >= 4 is 23.5 Å². The number of ketones is 1. The molecule has 25 heavy (non-hydrogen) atoms. The average Bonchev–Trinajstić information content (AvgIpc) is 2.81. The van der Waals surface area contributed by atoms with E-state index in [2.05, 4.69) is 5.32 Å². The first-order chi connectivity index (χ1) is 11.4. The van der Waals surface area contributed by atoms with E-state index in [1.54, 1.807) is 6.92 Å². The van der Waals surface area contributed by atoms with E-state index in [0.29, 0.717) is 19.6 Å². The minimum atomic E-state index is -0.580. The van der Waals surface area contributed by atoms with Crippen molar-refractivity contribution in [2.45, 2.75) is 53.1 Å². The number of carbonyl (C=O) groups excluding carboxylic acids is 4. The molecule has 0 saturated heterocycles. The number of Topliss-reactive ketones (excluding diaryl/α,β-unsaturated/α-hetero) is 1. The van der Waals surface area contributed by atoms with Crippen molar-refractivity contribution in [1.82, 2.24) is 10.2 Å². The van der Waals surface area contributed by atoms with Gasteiger partial charge in [-0.3, -0.25) is 24.1 Å². The Kier molecular flexibility index (Phi) is 7.05. The molecule has 0 fully saturated rings. The molecule has 0 aromatic rings. The second-order valence-corrected chi connectivity index (χ2v) is 7.49. The fourth-order valence-corrected chi connectivity index (χ4v) is 2.07. The van der Waals surface area contributed by atoms with Crippen LogP contribution in [-0.4, -0.2) is 53.7 Å². The van der Waals surface area contributed by atoms with Crippen LogP contribution in [0.2, 0.25) is 0 Å². The van der Waals surface area contributed by atoms with Gasteiger partial charge in [-0.1, -0.05) is 13.8 Å². The largest absolute Gasteiger partial charge is 0.374 e. The lowest BCUT2D eigenvalue weighted by Gasteiger charge is -2.28. The van der Waals surface area contributed by atoms with Gasteiger partial charge in [0.15, 0.2) is 0 Å². The van der Waals surface area contributed by atoms with E-state index in [0.717, 1.165) is 4.90 Å². The predicted molar refractivity (Wildman–Crippen MR) is 92.6 cm³/mol. The Morgan fingerprint density at radius 3 is 2.20 bits per heavy atom. The number of rotatable bonds is 10. The van der Waals surface area contributed by atoms with Gasteiger partial charge in [-0.2, -0.15) is 0 Å². The Bertz CT molecular complexity index is 560. The van der Waals surface area contributed by atoms with Crippen LogP contribution in [0.1, 0.15) is 47.5 Å². The molecule has 7 heteroatoms. The summed E-state index contributed by atoms with van der Waals surface area (Å²) in [4.78, 5) is 47.2. The van der Waals surface area contributed by atoms with Gasteiger partial charge in [0.1, 0.15) is 5.78 Å². The number of ether oxygens (including phenoxy) is 1. The third kappa shape index (κ3) is 6.78. The standard InChI is InChI=1S/C18H28N2O5/c1-13(21)17(2,3)9-11-25-18(4,5)12-19-14(22)8-10-20-15(23)6-7-16(20)24/h6-7H,8-12H2,1-5H3,(H,19,22). The molecule has 140 valence electrons. The molecule has 0 aromatic heterocycles. The molecule has 1 rings (SSSR count). The fraction of sp³-hybridized carbons (Fsp3) is 0.667. The SMILES string of the molecule is CC(=O)C(C)(C)CCOC(C)(C)CNC(=O)CCN1C(=O)C=CC1=O. The highest BCUT2D eigenvalue weighted by Crippen LogP contribution is 2.22. The van der Waals surface area contributed by atoms with Crippen LogP contribution in [0.25, 0.3) is 0 Å². The highest BCUT2D eigenvalue weighted by Gasteiger charge is 2.27. The Hall–Kier alpha value is -2.02. The predicted octanol–water partition coefficient (Wildman–Crippen LogP) is 1.22. The van der Waals surface area contributed by atoms with Crippen molar-refractivity contribution in [2.24, 2.45) is 5.41 Å². The third-order valence-electron chi connectivity index (χ3n) is 4.35. The van der Waals surface area contributed by atoms with Crippen LogP contribution in [0, 0.1) is 5.41 Å². The molecule has 7 nitrogen and oxygen atoms in total. The molecule has 1 aliphatic heterocycles. The fourth-order valence-electron chi connectivity index (χ4n) is 2.07. The number of carbonyl (C=O) groups is 4. The summed E-state index contributed by atoms with van der Waals surface area (Å²) in [7, 11) is 0. The van der Waals surface area contributed by atoms with Crippen LogP contribution in [0.5, 0.6) is 0 Å². The summed E-state index contributed by atoms with van der Waals surface area (Å²) in [6.07, 6.45) is 3.04. The second-order valence-electron chi connectivity index (χ2n) is 7.49. The van der Waals surface area contributed by atoms with Gasteiger partial charge in [0.05, 0.1) is 5.60 Å². The summed E-state index contributed by atoms with van der Waals surface area (Å²) in [5.41, 5.74) is -1.01. The maximum absolute atomic E-state index is 11.9. The molecule has 3 amide bonds. The van der Waals surface area contributed by atoms with Gasteiger partial charge in [-0.25, -0.2) is 0 Å². The maximum Gasteiger partial charge on any atom is 0.253 e. The summed E-state index contributed by atoms with van der Waals surface area (Å²) in [6.45, 7) is 9.80. The number of amides is 3. The molecule has 0 aromatic carbocycles. The van der Waals surface area contributed by atoms with Gasteiger partial charge >= 0.3 is 0 Å². The number of hydrogen-bond acceptors (Lipinski definition) is 5. The molecule has 0 radical (unpaired) electrons. The van der Waals surface area contributed by atoms with Gasteiger partial charge in [0.25, 0.3) is 11.8 Å². The molecule has 0 spiro atoms. The maximum atomic E-state index is 11.9.